The molecule has 0 radical (unpaired) electrons. The maximum Gasteiger partial charge on any atom is 0.269 e. The lowest BCUT2D eigenvalue weighted by molar-refractivity contribution is -0.384. The van der Waals surface area contributed by atoms with Crippen molar-refractivity contribution in [2.45, 2.75) is 29.7 Å². The summed E-state index contributed by atoms with van der Waals surface area (Å²) in [5.41, 5.74) is 0.0879. The Kier molecular flexibility index (Phi) is 5.08. The molecule has 2 aromatic rings. The zero-order valence-corrected chi connectivity index (χ0v) is 13.1. The van der Waals surface area contributed by atoms with Crippen molar-refractivity contribution in [1.29, 1.82) is 0 Å². The normalized spacial score (nSPS) is 10.5. The quantitative estimate of drug-likeness (QED) is 0.456. The summed E-state index contributed by atoms with van der Waals surface area (Å²) >= 11 is 4.83. The van der Waals surface area contributed by atoms with E-state index in [1.54, 1.807) is 12.1 Å². The molecule has 0 amide bonds. The van der Waals surface area contributed by atoms with Crippen molar-refractivity contribution in [3.63, 3.8) is 0 Å². The second-order valence-electron chi connectivity index (χ2n) is 4.05. The van der Waals surface area contributed by atoms with Gasteiger partial charge in [-0.1, -0.05) is 18.7 Å². The zero-order chi connectivity index (χ0) is 14.5. The molecule has 20 heavy (non-hydrogen) atoms. The van der Waals surface area contributed by atoms with E-state index in [9.17, 15) is 10.1 Å². The number of halogens is 1. The summed E-state index contributed by atoms with van der Waals surface area (Å²) in [5.74, 6) is 0.797. The lowest BCUT2D eigenvalue weighted by Gasteiger charge is -2.04. The summed E-state index contributed by atoms with van der Waals surface area (Å²) in [6, 6.07) is 8.26. The Morgan fingerprint density at radius 1 is 1.30 bits per heavy atom. The lowest BCUT2D eigenvalue weighted by atomic mass is 10.3. The molecule has 0 spiro atoms. The van der Waals surface area contributed by atoms with Gasteiger partial charge in [0.25, 0.3) is 5.69 Å². The van der Waals surface area contributed by atoms with Gasteiger partial charge in [0.1, 0.15) is 15.5 Å². The number of rotatable bonds is 5. The van der Waals surface area contributed by atoms with Gasteiger partial charge in [-0.05, 0) is 34.5 Å². The van der Waals surface area contributed by atoms with Gasteiger partial charge in [0, 0.05) is 29.5 Å². The van der Waals surface area contributed by atoms with E-state index in [0.717, 1.165) is 33.2 Å². The van der Waals surface area contributed by atoms with Crippen molar-refractivity contribution in [1.82, 2.24) is 9.97 Å². The minimum absolute atomic E-state index is 0.0879. The van der Waals surface area contributed by atoms with Crippen LogP contribution < -0.4 is 0 Å². The fourth-order valence-corrected chi connectivity index (χ4v) is 2.99. The van der Waals surface area contributed by atoms with Crippen LogP contribution in [0, 0.1) is 10.1 Å². The lowest BCUT2D eigenvalue weighted by Crippen LogP contribution is -1.96. The predicted octanol–water partition coefficient (Wildman–Crippen LogP) is 4.25. The molecule has 0 aliphatic carbocycles. The molecule has 0 N–H and O–H groups in total. The van der Waals surface area contributed by atoms with E-state index < -0.39 is 4.92 Å². The summed E-state index contributed by atoms with van der Waals surface area (Å²) in [4.78, 5) is 19.9. The number of hydrogen-bond donors (Lipinski definition) is 0. The van der Waals surface area contributed by atoms with Crippen molar-refractivity contribution in [2.75, 3.05) is 0 Å². The highest BCUT2D eigenvalue weighted by molar-refractivity contribution is 9.10. The minimum Gasteiger partial charge on any atom is -0.258 e. The van der Waals surface area contributed by atoms with Crippen LogP contribution in [0.3, 0.4) is 0 Å². The average molecular weight is 354 g/mol. The number of aromatic nitrogens is 2. The van der Waals surface area contributed by atoms with Crippen molar-refractivity contribution >= 4 is 33.4 Å². The van der Waals surface area contributed by atoms with Crippen LogP contribution in [0.1, 0.15) is 19.2 Å². The molecule has 1 aromatic carbocycles. The molecular weight excluding hydrogens is 342 g/mol. The molecule has 5 nitrogen and oxygen atoms in total. The fourth-order valence-electron chi connectivity index (χ4n) is 1.59. The first-order chi connectivity index (χ1) is 9.58. The van der Waals surface area contributed by atoms with Crippen LogP contribution in [0.5, 0.6) is 0 Å². The molecule has 0 unspecified atom stereocenters. The molecular formula is C13H12BrN3O2S. The molecule has 0 bridgehead atoms. The molecule has 7 heteroatoms. The van der Waals surface area contributed by atoms with Gasteiger partial charge in [0.05, 0.1) is 4.92 Å². The molecule has 1 aromatic heterocycles. The zero-order valence-electron chi connectivity index (χ0n) is 10.7. The molecule has 0 aliphatic rings. The van der Waals surface area contributed by atoms with E-state index in [4.69, 9.17) is 0 Å². The van der Waals surface area contributed by atoms with Gasteiger partial charge in [-0.3, -0.25) is 10.1 Å². The maximum atomic E-state index is 10.6. The number of nitrogens with zero attached hydrogens (tertiary/aromatic N) is 3. The third-order valence-electron chi connectivity index (χ3n) is 2.46. The van der Waals surface area contributed by atoms with Crippen LogP contribution in [0.2, 0.25) is 0 Å². The monoisotopic (exact) mass is 353 g/mol. The Bertz CT molecular complexity index is 620. The first-order valence-corrected chi connectivity index (χ1v) is 7.65. The van der Waals surface area contributed by atoms with Gasteiger partial charge in [0.2, 0.25) is 0 Å². The van der Waals surface area contributed by atoms with Crippen LogP contribution in [-0.2, 0) is 6.42 Å². The number of aryl methyl sites for hydroxylation is 1. The minimum atomic E-state index is -0.408. The largest absolute Gasteiger partial charge is 0.269 e. The smallest absolute Gasteiger partial charge is 0.258 e. The average Bonchev–Trinajstić information content (AvgIpc) is 2.39. The number of nitro groups is 1. The summed E-state index contributed by atoms with van der Waals surface area (Å²) < 4.78 is 0.750. The molecule has 0 saturated carbocycles. The number of non-ortho nitro benzene ring substituents is 1. The molecule has 0 fully saturated rings. The molecule has 0 aliphatic heterocycles. The number of hydrogen-bond acceptors (Lipinski definition) is 5. The van der Waals surface area contributed by atoms with E-state index in [-0.39, 0.29) is 5.69 Å². The van der Waals surface area contributed by atoms with Gasteiger partial charge in [0.15, 0.2) is 0 Å². The Labute approximate surface area is 129 Å². The summed E-state index contributed by atoms with van der Waals surface area (Å²) in [6.07, 6.45) is 1.81. The van der Waals surface area contributed by atoms with E-state index in [1.165, 1.54) is 23.9 Å². The van der Waals surface area contributed by atoms with Gasteiger partial charge >= 0.3 is 0 Å². The standard InChI is InChI=1S/C13H12BrN3O2S/c1-2-3-12-15-11(14)8-13(16-12)20-10-6-4-9(5-7-10)17(18)19/h4-8H,2-3H2,1H3. The summed E-state index contributed by atoms with van der Waals surface area (Å²) in [5, 5.41) is 11.4. The number of benzene rings is 1. The molecule has 104 valence electrons. The maximum absolute atomic E-state index is 10.6. The fraction of sp³-hybridized carbons (Fsp3) is 0.231. The van der Waals surface area contributed by atoms with Crippen LogP contribution in [0.4, 0.5) is 5.69 Å². The van der Waals surface area contributed by atoms with Gasteiger partial charge in [-0.25, -0.2) is 9.97 Å². The molecule has 0 saturated heterocycles. The van der Waals surface area contributed by atoms with Crippen molar-refractivity contribution in [3.8, 4) is 0 Å². The molecule has 1 heterocycles. The Hall–Kier alpha value is -1.47. The topological polar surface area (TPSA) is 68.9 Å². The van der Waals surface area contributed by atoms with E-state index in [1.807, 2.05) is 6.07 Å². The number of nitro benzene ring substituents is 1. The highest BCUT2D eigenvalue weighted by Crippen LogP contribution is 2.29. The van der Waals surface area contributed by atoms with Crippen LogP contribution in [0.25, 0.3) is 0 Å². The Morgan fingerprint density at radius 2 is 2.00 bits per heavy atom. The third-order valence-corrected chi connectivity index (χ3v) is 3.79. The van der Waals surface area contributed by atoms with E-state index >= 15 is 0 Å². The van der Waals surface area contributed by atoms with Crippen molar-refractivity contribution in [2.24, 2.45) is 0 Å². The Balaban J connectivity index is 2.18. The van der Waals surface area contributed by atoms with Gasteiger partial charge in [-0.15, -0.1) is 0 Å². The highest BCUT2D eigenvalue weighted by atomic mass is 79.9. The van der Waals surface area contributed by atoms with Crippen LogP contribution >= 0.6 is 27.7 Å². The van der Waals surface area contributed by atoms with E-state index in [0.29, 0.717) is 0 Å². The van der Waals surface area contributed by atoms with Crippen molar-refractivity contribution < 1.29 is 4.92 Å². The SMILES string of the molecule is CCCc1nc(Br)cc(Sc2ccc([N+](=O)[O-])cc2)n1. The predicted molar refractivity (Wildman–Crippen MR) is 80.9 cm³/mol. The second-order valence-corrected chi connectivity index (χ2v) is 5.95. The Morgan fingerprint density at radius 3 is 2.60 bits per heavy atom. The van der Waals surface area contributed by atoms with Crippen LogP contribution in [-0.4, -0.2) is 14.9 Å². The summed E-state index contributed by atoms with van der Waals surface area (Å²) in [6.45, 7) is 2.08. The van der Waals surface area contributed by atoms with Gasteiger partial charge in [-0.2, -0.15) is 0 Å². The second kappa shape index (κ2) is 6.81. The van der Waals surface area contributed by atoms with Gasteiger partial charge < -0.3 is 0 Å². The van der Waals surface area contributed by atoms with E-state index in [2.05, 4.69) is 32.8 Å². The first-order valence-electron chi connectivity index (χ1n) is 6.04. The molecule has 0 atom stereocenters. The van der Waals surface area contributed by atoms with Crippen molar-refractivity contribution in [3.05, 3.63) is 50.9 Å². The highest BCUT2D eigenvalue weighted by Gasteiger charge is 2.07. The van der Waals surface area contributed by atoms with Crippen LogP contribution in [0.15, 0.2) is 44.9 Å². The third kappa shape index (κ3) is 4.01. The summed E-state index contributed by atoms with van der Waals surface area (Å²) in [7, 11) is 0. The first kappa shape index (κ1) is 14.9. The molecule has 2 rings (SSSR count).